The van der Waals surface area contributed by atoms with Gasteiger partial charge in [0.15, 0.2) is 0 Å². The minimum absolute atomic E-state index is 0. The smallest absolute Gasteiger partial charge is 0.131 e. The van der Waals surface area contributed by atoms with Gasteiger partial charge in [0.2, 0.25) is 0 Å². The normalized spacial score (nSPS) is 11.4. The van der Waals surface area contributed by atoms with Gasteiger partial charge in [-0.2, -0.15) is 0 Å². The lowest BCUT2D eigenvalue weighted by atomic mass is 10.0. The SMILES string of the molecule is COc1cc(OC)c([C@H](N)CCN)c(OC)c1.Cl. The fourth-order valence-electron chi connectivity index (χ4n) is 1.72. The highest BCUT2D eigenvalue weighted by Gasteiger charge is 2.18. The fourth-order valence-corrected chi connectivity index (χ4v) is 1.72. The minimum Gasteiger partial charge on any atom is -0.496 e. The summed E-state index contributed by atoms with van der Waals surface area (Å²) in [7, 11) is 4.77. The molecular weight excluding hydrogens is 256 g/mol. The highest BCUT2D eigenvalue weighted by molar-refractivity contribution is 5.85. The predicted molar refractivity (Wildman–Crippen MR) is 73.9 cm³/mol. The van der Waals surface area contributed by atoms with E-state index < -0.39 is 0 Å². The minimum atomic E-state index is -0.212. The van der Waals surface area contributed by atoms with Crippen LogP contribution in [0, 0.1) is 0 Å². The van der Waals surface area contributed by atoms with Crippen LogP contribution in [0.3, 0.4) is 0 Å². The second-order valence-corrected chi connectivity index (χ2v) is 3.63. The summed E-state index contributed by atoms with van der Waals surface area (Å²) >= 11 is 0. The van der Waals surface area contributed by atoms with Gasteiger partial charge in [-0.05, 0) is 13.0 Å². The van der Waals surface area contributed by atoms with Gasteiger partial charge in [-0.25, -0.2) is 0 Å². The molecule has 0 radical (unpaired) electrons. The zero-order valence-corrected chi connectivity index (χ0v) is 11.8. The van der Waals surface area contributed by atoms with E-state index in [4.69, 9.17) is 25.7 Å². The number of hydrogen-bond donors (Lipinski definition) is 2. The first kappa shape index (κ1) is 16.8. The largest absolute Gasteiger partial charge is 0.496 e. The first-order valence-electron chi connectivity index (χ1n) is 5.43. The third kappa shape index (κ3) is 3.66. The molecular formula is C12H21ClN2O3. The van der Waals surface area contributed by atoms with Crippen molar-refractivity contribution in [3.8, 4) is 17.2 Å². The maximum Gasteiger partial charge on any atom is 0.131 e. The molecule has 1 atom stereocenters. The van der Waals surface area contributed by atoms with Gasteiger partial charge in [-0.1, -0.05) is 0 Å². The molecule has 0 aliphatic heterocycles. The molecule has 1 aromatic carbocycles. The lowest BCUT2D eigenvalue weighted by Crippen LogP contribution is -2.17. The second kappa shape index (κ2) is 8.02. The van der Waals surface area contributed by atoms with Gasteiger partial charge >= 0.3 is 0 Å². The molecule has 0 spiro atoms. The van der Waals surface area contributed by atoms with Crippen LogP contribution in [0.15, 0.2) is 12.1 Å². The topological polar surface area (TPSA) is 79.7 Å². The average molecular weight is 277 g/mol. The van der Waals surface area contributed by atoms with E-state index in [-0.39, 0.29) is 18.4 Å². The molecule has 0 aliphatic carbocycles. The lowest BCUT2D eigenvalue weighted by Gasteiger charge is -2.19. The Kier molecular flexibility index (Phi) is 7.50. The Labute approximate surface area is 114 Å². The van der Waals surface area contributed by atoms with Crippen molar-refractivity contribution in [2.75, 3.05) is 27.9 Å². The molecule has 0 saturated heterocycles. The molecule has 4 N–H and O–H groups in total. The number of rotatable bonds is 6. The number of nitrogens with two attached hydrogens (primary N) is 2. The van der Waals surface area contributed by atoms with Crippen LogP contribution in [-0.4, -0.2) is 27.9 Å². The fraction of sp³-hybridized carbons (Fsp3) is 0.500. The Morgan fingerprint density at radius 1 is 1.06 bits per heavy atom. The highest BCUT2D eigenvalue weighted by atomic mass is 35.5. The summed E-state index contributed by atoms with van der Waals surface area (Å²) in [6.07, 6.45) is 0.666. The van der Waals surface area contributed by atoms with E-state index in [9.17, 15) is 0 Å². The van der Waals surface area contributed by atoms with Crippen LogP contribution in [0.1, 0.15) is 18.0 Å². The van der Waals surface area contributed by atoms with E-state index in [1.54, 1.807) is 33.5 Å². The number of methoxy groups -OCH3 is 3. The van der Waals surface area contributed by atoms with Crippen LogP contribution in [0.4, 0.5) is 0 Å². The van der Waals surface area contributed by atoms with E-state index in [0.717, 1.165) is 5.56 Å². The molecule has 0 aliphatic rings. The van der Waals surface area contributed by atoms with Gasteiger partial charge in [0.05, 0.1) is 26.9 Å². The third-order valence-corrected chi connectivity index (χ3v) is 2.60. The van der Waals surface area contributed by atoms with Crippen molar-refractivity contribution in [2.24, 2.45) is 11.5 Å². The van der Waals surface area contributed by atoms with Gasteiger partial charge in [0, 0.05) is 18.2 Å². The number of halogens is 1. The molecule has 0 fully saturated rings. The van der Waals surface area contributed by atoms with Gasteiger partial charge in [-0.15, -0.1) is 12.4 Å². The van der Waals surface area contributed by atoms with Gasteiger partial charge in [0.25, 0.3) is 0 Å². The van der Waals surface area contributed by atoms with Crippen molar-refractivity contribution in [2.45, 2.75) is 12.5 Å². The highest BCUT2D eigenvalue weighted by Crippen LogP contribution is 2.38. The number of ether oxygens (including phenoxy) is 3. The summed E-state index contributed by atoms with van der Waals surface area (Å²) in [5.41, 5.74) is 12.4. The molecule has 6 heteroatoms. The standard InChI is InChI=1S/C12H20N2O3.ClH/c1-15-8-6-10(16-2)12(9(14)4-5-13)11(7-8)17-3;/h6-7,9H,4-5,13-14H2,1-3H3;1H/t9-;/m1./s1. The molecule has 1 aromatic rings. The van der Waals surface area contributed by atoms with E-state index in [1.165, 1.54) is 0 Å². The number of hydrogen-bond acceptors (Lipinski definition) is 5. The van der Waals surface area contributed by atoms with Crippen molar-refractivity contribution in [1.29, 1.82) is 0 Å². The number of benzene rings is 1. The van der Waals surface area contributed by atoms with Gasteiger partial charge in [0.1, 0.15) is 17.2 Å². The van der Waals surface area contributed by atoms with Crippen molar-refractivity contribution >= 4 is 12.4 Å². The van der Waals surface area contributed by atoms with E-state index in [0.29, 0.717) is 30.2 Å². The van der Waals surface area contributed by atoms with Crippen LogP contribution in [0.5, 0.6) is 17.2 Å². The van der Waals surface area contributed by atoms with Gasteiger partial charge < -0.3 is 25.7 Å². The molecule has 1 rings (SSSR count). The first-order chi connectivity index (χ1) is 8.17. The Balaban J connectivity index is 0.00000289. The summed E-state index contributed by atoms with van der Waals surface area (Å²) < 4.78 is 15.8. The Hall–Kier alpha value is -1.17. The quantitative estimate of drug-likeness (QED) is 0.823. The molecule has 0 saturated carbocycles. The monoisotopic (exact) mass is 276 g/mol. The molecule has 0 aromatic heterocycles. The molecule has 0 heterocycles. The molecule has 0 bridgehead atoms. The van der Waals surface area contributed by atoms with Crippen LogP contribution in [0.2, 0.25) is 0 Å². The Morgan fingerprint density at radius 3 is 1.89 bits per heavy atom. The van der Waals surface area contributed by atoms with Gasteiger partial charge in [-0.3, -0.25) is 0 Å². The Morgan fingerprint density at radius 2 is 1.56 bits per heavy atom. The van der Waals surface area contributed by atoms with E-state index in [2.05, 4.69) is 0 Å². The molecule has 18 heavy (non-hydrogen) atoms. The summed E-state index contributed by atoms with van der Waals surface area (Å²) in [5.74, 6) is 1.98. The maximum absolute atomic E-state index is 6.07. The summed E-state index contributed by atoms with van der Waals surface area (Å²) in [6.45, 7) is 0.513. The summed E-state index contributed by atoms with van der Waals surface area (Å²) in [5, 5.41) is 0. The molecule has 0 unspecified atom stereocenters. The zero-order chi connectivity index (χ0) is 12.8. The van der Waals surface area contributed by atoms with Crippen molar-refractivity contribution in [3.05, 3.63) is 17.7 Å². The van der Waals surface area contributed by atoms with Crippen molar-refractivity contribution in [1.82, 2.24) is 0 Å². The van der Waals surface area contributed by atoms with Crippen LogP contribution in [-0.2, 0) is 0 Å². The molecule has 104 valence electrons. The van der Waals surface area contributed by atoms with Crippen LogP contribution in [0.25, 0.3) is 0 Å². The van der Waals surface area contributed by atoms with Crippen molar-refractivity contribution in [3.63, 3.8) is 0 Å². The van der Waals surface area contributed by atoms with Crippen molar-refractivity contribution < 1.29 is 14.2 Å². The Bertz CT molecular complexity index is 349. The second-order valence-electron chi connectivity index (χ2n) is 3.63. The first-order valence-corrected chi connectivity index (χ1v) is 5.43. The average Bonchev–Trinajstić information content (AvgIpc) is 2.37. The van der Waals surface area contributed by atoms with Crippen LogP contribution >= 0.6 is 12.4 Å². The van der Waals surface area contributed by atoms with E-state index >= 15 is 0 Å². The molecule has 5 nitrogen and oxygen atoms in total. The van der Waals surface area contributed by atoms with E-state index in [1.807, 2.05) is 0 Å². The zero-order valence-electron chi connectivity index (χ0n) is 10.9. The summed E-state index contributed by atoms with van der Waals surface area (Å²) in [6, 6.07) is 3.36. The summed E-state index contributed by atoms with van der Waals surface area (Å²) in [4.78, 5) is 0. The van der Waals surface area contributed by atoms with Crippen LogP contribution < -0.4 is 25.7 Å². The third-order valence-electron chi connectivity index (χ3n) is 2.60. The maximum atomic E-state index is 6.07. The molecule has 0 amide bonds. The lowest BCUT2D eigenvalue weighted by molar-refractivity contribution is 0.363. The predicted octanol–water partition coefficient (Wildman–Crippen LogP) is 1.48.